The molecule has 4 amide bonds. The van der Waals surface area contributed by atoms with Crippen molar-refractivity contribution in [3.8, 4) is 5.75 Å². The lowest BCUT2D eigenvalue weighted by atomic mass is 10.0. The number of ether oxygens (including phenoxy) is 1. The zero-order valence-corrected chi connectivity index (χ0v) is 26.4. The van der Waals surface area contributed by atoms with E-state index in [-0.39, 0.29) is 25.0 Å². The van der Waals surface area contributed by atoms with Crippen LogP contribution in [0.3, 0.4) is 0 Å². The van der Waals surface area contributed by atoms with E-state index in [2.05, 4.69) is 21.3 Å². The summed E-state index contributed by atoms with van der Waals surface area (Å²) >= 11 is 1.45. The minimum Gasteiger partial charge on any atom is -0.508 e. The highest BCUT2D eigenvalue weighted by molar-refractivity contribution is 7.98. The number of carbonyl (C=O) groups is 5. The third-order valence-corrected chi connectivity index (χ3v) is 6.92. The topological polar surface area (TPSA) is 183 Å². The number of carboxylic acid groups (broad SMARTS) is 1. The molecule has 2 rings (SSSR count). The molecule has 0 fully saturated rings. The van der Waals surface area contributed by atoms with Gasteiger partial charge in [-0.1, -0.05) is 42.5 Å². The third kappa shape index (κ3) is 12.9. The summed E-state index contributed by atoms with van der Waals surface area (Å²) in [6.45, 7) is 6.46. The maximum atomic E-state index is 13.3. The van der Waals surface area contributed by atoms with Crippen molar-refractivity contribution in [2.45, 2.75) is 76.7 Å². The van der Waals surface area contributed by atoms with Crippen LogP contribution in [0.25, 0.3) is 0 Å². The largest absolute Gasteiger partial charge is 0.508 e. The van der Waals surface area contributed by atoms with Crippen LogP contribution in [0, 0.1) is 0 Å². The Labute approximate surface area is 261 Å². The van der Waals surface area contributed by atoms with Gasteiger partial charge in [-0.2, -0.15) is 11.8 Å². The number of aromatic hydroxyl groups is 1. The van der Waals surface area contributed by atoms with E-state index in [9.17, 15) is 34.2 Å². The van der Waals surface area contributed by atoms with Crippen LogP contribution in [-0.4, -0.2) is 81.8 Å². The second-order valence-corrected chi connectivity index (χ2v) is 12.2. The van der Waals surface area contributed by atoms with Crippen molar-refractivity contribution in [2.75, 3.05) is 12.0 Å². The molecule has 0 radical (unpaired) electrons. The summed E-state index contributed by atoms with van der Waals surface area (Å²) in [5.41, 5.74) is 0.543. The van der Waals surface area contributed by atoms with Gasteiger partial charge in [0, 0.05) is 12.8 Å². The fourth-order valence-electron chi connectivity index (χ4n) is 4.03. The van der Waals surface area contributed by atoms with Crippen LogP contribution in [0.2, 0.25) is 0 Å². The van der Waals surface area contributed by atoms with E-state index in [4.69, 9.17) is 4.74 Å². The standard InChI is InChI=1S/C31H42N4O8S/c1-19(32-27(38)25(35-30(42)43-31(2,3)4)18-21-11-13-22(36)14-12-21)26(37)34-24(17-20-9-7-6-8-10-20)28(39)33-23(29(40)41)15-16-44-5/h6-14,19,23-25,36H,15-18H2,1-5H3,(H,32,38)(H,33,39)(H,34,37)(H,35,42)(H,40,41)/t19-,23+,24+,25+/m1/s1. The Morgan fingerprint density at radius 1 is 0.773 bits per heavy atom. The Balaban J connectivity index is 2.19. The molecule has 0 spiro atoms. The summed E-state index contributed by atoms with van der Waals surface area (Å²) < 4.78 is 5.30. The Bertz CT molecular complexity index is 1270. The molecule has 0 saturated heterocycles. The molecule has 0 aliphatic rings. The number of hydrogen-bond donors (Lipinski definition) is 6. The van der Waals surface area contributed by atoms with Gasteiger partial charge in [0.05, 0.1) is 0 Å². The van der Waals surface area contributed by atoms with Crippen molar-refractivity contribution < 1.29 is 38.9 Å². The first kappa shape index (κ1) is 35.9. The predicted octanol–water partition coefficient (Wildman–Crippen LogP) is 2.38. The molecule has 0 unspecified atom stereocenters. The normalized spacial score (nSPS) is 13.8. The summed E-state index contributed by atoms with van der Waals surface area (Å²) in [4.78, 5) is 64.0. The smallest absolute Gasteiger partial charge is 0.408 e. The maximum Gasteiger partial charge on any atom is 0.408 e. The van der Waals surface area contributed by atoms with Gasteiger partial charge in [-0.15, -0.1) is 0 Å². The van der Waals surface area contributed by atoms with E-state index in [0.29, 0.717) is 11.3 Å². The van der Waals surface area contributed by atoms with Gasteiger partial charge in [-0.3, -0.25) is 14.4 Å². The SMILES string of the molecule is CSCC[C@H](NC(=O)[C@H](Cc1ccccc1)NC(=O)[C@@H](C)NC(=O)[C@H](Cc1ccc(O)cc1)NC(=O)OC(C)(C)C)C(=O)O. The lowest BCUT2D eigenvalue weighted by Gasteiger charge is -2.26. The average molecular weight is 631 g/mol. The van der Waals surface area contributed by atoms with Crippen molar-refractivity contribution in [2.24, 2.45) is 0 Å². The van der Waals surface area contributed by atoms with Crippen LogP contribution in [-0.2, 0) is 36.8 Å². The Morgan fingerprint density at radius 3 is 1.84 bits per heavy atom. The molecule has 0 heterocycles. The summed E-state index contributed by atoms with van der Waals surface area (Å²) in [6.07, 6.45) is 1.31. The van der Waals surface area contributed by atoms with Gasteiger partial charge < -0.3 is 36.2 Å². The van der Waals surface area contributed by atoms with Crippen LogP contribution < -0.4 is 21.3 Å². The second-order valence-electron chi connectivity index (χ2n) is 11.2. The van der Waals surface area contributed by atoms with Crippen LogP contribution >= 0.6 is 11.8 Å². The summed E-state index contributed by atoms with van der Waals surface area (Å²) in [6, 6.07) is 10.4. The number of hydrogen-bond acceptors (Lipinski definition) is 8. The van der Waals surface area contributed by atoms with Crippen molar-refractivity contribution >= 4 is 41.5 Å². The molecule has 0 saturated carbocycles. The van der Waals surface area contributed by atoms with Gasteiger partial charge >= 0.3 is 12.1 Å². The molecule has 6 N–H and O–H groups in total. The number of alkyl carbamates (subject to hydrolysis) is 1. The lowest BCUT2D eigenvalue weighted by Crippen LogP contribution is -2.58. The van der Waals surface area contributed by atoms with Gasteiger partial charge in [-0.25, -0.2) is 9.59 Å². The predicted molar refractivity (Wildman–Crippen MR) is 167 cm³/mol. The van der Waals surface area contributed by atoms with Gasteiger partial charge in [0.25, 0.3) is 0 Å². The highest BCUT2D eigenvalue weighted by atomic mass is 32.2. The van der Waals surface area contributed by atoms with E-state index in [0.717, 1.165) is 5.56 Å². The molecule has 0 aliphatic heterocycles. The van der Waals surface area contributed by atoms with Crippen LogP contribution in [0.5, 0.6) is 5.75 Å². The first-order valence-corrected chi connectivity index (χ1v) is 15.5. The van der Waals surface area contributed by atoms with Gasteiger partial charge in [0.1, 0.15) is 35.5 Å². The number of nitrogens with one attached hydrogen (secondary N) is 4. The van der Waals surface area contributed by atoms with E-state index >= 15 is 0 Å². The fraction of sp³-hybridized carbons (Fsp3) is 0.452. The third-order valence-electron chi connectivity index (χ3n) is 6.28. The average Bonchev–Trinajstić information content (AvgIpc) is 2.94. The van der Waals surface area contributed by atoms with E-state index in [1.54, 1.807) is 63.2 Å². The molecule has 240 valence electrons. The van der Waals surface area contributed by atoms with Crippen molar-refractivity contribution in [3.63, 3.8) is 0 Å². The Kier molecular flexibility index (Phi) is 14.0. The fourth-order valence-corrected chi connectivity index (χ4v) is 4.50. The number of phenolic OH excluding ortho intramolecular Hbond substituents is 1. The Morgan fingerprint density at radius 2 is 1.30 bits per heavy atom. The van der Waals surface area contributed by atoms with E-state index in [1.165, 1.54) is 30.8 Å². The van der Waals surface area contributed by atoms with E-state index in [1.807, 2.05) is 6.26 Å². The maximum absolute atomic E-state index is 13.3. The molecular weight excluding hydrogens is 588 g/mol. The number of phenols is 1. The molecule has 4 atom stereocenters. The van der Waals surface area contributed by atoms with Crippen molar-refractivity contribution in [1.82, 2.24) is 21.3 Å². The van der Waals surface area contributed by atoms with Gasteiger partial charge in [-0.05, 0) is 69.4 Å². The number of carbonyl (C=O) groups excluding carboxylic acids is 4. The zero-order valence-electron chi connectivity index (χ0n) is 25.6. The van der Waals surface area contributed by atoms with Crippen molar-refractivity contribution in [3.05, 3.63) is 65.7 Å². The first-order valence-electron chi connectivity index (χ1n) is 14.1. The number of rotatable bonds is 15. The van der Waals surface area contributed by atoms with Gasteiger partial charge in [0.15, 0.2) is 0 Å². The highest BCUT2D eigenvalue weighted by Crippen LogP contribution is 2.13. The number of amides is 4. The number of benzene rings is 2. The molecule has 0 aliphatic carbocycles. The molecule has 0 aromatic heterocycles. The molecule has 13 heteroatoms. The quantitative estimate of drug-likeness (QED) is 0.172. The zero-order chi connectivity index (χ0) is 32.9. The number of thioether (sulfide) groups is 1. The molecule has 12 nitrogen and oxygen atoms in total. The van der Waals surface area contributed by atoms with Gasteiger partial charge in [0.2, 0.25) is 17.7 Å². The summed E-state index contributed by atoms with van der Waals surface area (Å²) in [7, 11) is 0. The molecule has 0 bridgehead atoms. The highest BCUT2D eigenvalue weighted by Gasteiger charge is 2.30. The minimum atomic E-state index is -1.19. The van der Waals surface area contributed by atoms with Crippen molar-refractivity contribution in [1.29, 1.82) is 0 Å². The number of aliphatic carboxylic acids is 1. The van der Waals surface area contributed by atoms with Crippen LogP contribution in [0.4, 0.5) is 4.79 Å². The number of carboxylic acids is 1. The molecule has 2 aromatic carbocycles. The second kappa shape index (κ2) is 17.1. The van der Waals surface area contributed by atoms with Crippen LogP contribution in [0.15, 0.2) is 54.6 Å². The minimum absolute atomic E-state index is 0.0331. The van der Waals surface area contributed by atoms with E-state index < -0.39 is 59.6 Å². The van der Waals surface area contributed by atoms with Crippen LogP contribution in [0.1, 0.15) is 45.2 Å². The molecular formula is C31H42N4O8S. The summed E-state index contributed by atoms with van der Waals surface area (Å²) in [5, 5.41) is 29.4. The monoisotopic (exact) mass is 630 g/mol. The first-order chi connectivity index (χ1) is 20.7. The summed E-state index contributed by atoms with van der Waals surface area (Å²) in [5.74, 6) is -2.68. The molecule has 2 aromatic rings. The lowest BCUT2D eigenvalue weighted by molar-refractivity contribution is -0.142. The Hall–Kier alpha value is -4.26. The molecule has 44 heavy (non-hydrogen) atoms.